The van der Waals surface area contributed by atoms with E-state index in [1.165, 1.54) is 17.0 Å². The molecule has 0 aliphatic heterocycles. The first kappa shape index (κ1) is 28.9. The van der Waals surface area contributed by atoms with Gasteiger partial charge in [-0.2, -0.15) is 0 Å². The summed E-state index contributed by atoms with van der Waals surface area (Å²) in [5.74, 6) is -1.79. The summed E-state index contributed by atoms with van der Waals surface area (Å²) in [6, 6.07) is 3.16. The predicted octanol–water partition coefficient (Wildman–Crippen LogP) is 2.89. The van der Waals surface area contributed by atoms with E-state index in [0.717, 1.165) is 32.1 Å². The van der Waals surface area contributed by atoms with Crippen LogP contribution < -0.4 is 16.4 Å². The molecule has 10 nitrogen and oxygen atoms in total. The Morgan fingerprint density at radius 1 is 1.08 bits per heavy atom. The Hall–Kier alpha value is -3.30. The molecule has 1 fully saturated rings. The van der Waals surface area contributed by atoms with Crippen molar-refractivity contribution in [2.24, 2.45) is 5.73 Å². The van der Waals surface area contributed by atoms with Gasteiger partial charge in [0.15, 0.2) is 0 Å². The first-order valence-corrected chi connectivity index (χ1v) is 12.5. The van der Waals surface area contributed by atoms with Crippen LogP contribution in [0.1, 0.15) is 84.7 Å². The molecule has 5 N–H and O–H groups in total. The lowest BCUT2D eigenvalue weighted by atomic mass is 9.94. The third kappa shape index (κ3) is 8.73. The van der Waals surface area contributed by atoms with E-state index in [0.29, 0.717) is 5.56 Å². The SMILES string of the molecule is CC(C)N(C(=O)C(CC(N)=O)NC(=O)OC(C)(C)C)C(C(=O)NC1CCCCC1)c1ccc(O)cc1. The standard InChI is InChI=1S/C26H40N4O6/c1-16(2)30(24(34)20(15-21(27)32)29-25(35)36-26(3,4)5)22(17-11-13-19(31)14-12-17)23(33)28-18-9-7-6-8-10-18/h11-14,16,18,20,22,31H,6-10,15H2,1-5H3,(H2,27,32)(H,28,33)(H,29,35). The molecule has 1 aromatic carbocycles. The molecule has 36 heavy (non-hydrogen) atoms. The second-order valence-electron chi connectivity index (χ2n) is 10.5. The summed E-state index contributed by atoms with van der Waals surface area (Å²) in [5, 5.41) is 15.3. The number of nitrogens with zero attached hydrogens (tertiary/aromatic N) is 1. The Kier molecular flexibility index (Phi) is 10.1. The quantitative estimate of drug-likeness (QED) is 0.406. The number of rotatable bonds is 9. The van der Waals surface area contributed by atoms with Crippen molar-refractivity contribution < 1.29 is 29.0 Å². The second kappa shape index (κ2) is 12.6. The van der Waals surface area contributed by atoms with Crippen LogP contribution in [0.3, 0.4) is 0 Å². The number of hydrogen-bond acceptors (Lipinski definition) is 6. The highest BCUT2D eigenvalue weighted by Gasteiger charge is 2.39. The summed E-state index contributed by atoms with van der Waals surface area (Å²) < 4.78 is 5.27. The van der Waals surface area contributed by atoms with Crippen molar-refractivity contribution in [2.75, 3.05) is 0 Å². The fourth-order valence-electron chi connectivity index (χ4n) is 4.33. The number of phenolic OH excluding ortho intramolecular Hbond substituents is 1. The average molecular weight is 505 g/mol. The zero-order valence-corrected chi connectivity index (χ0v) is 21.9. The van der Waals surface area contributed by atoms with Crippen LogP contribution in [0, 0.1) is 0 Å². The highest BCUT2D eigenvalue weighted by atomic mass is 16.6. The summed E-state index contributed by atoms with van der Waals surface area (Å²) in [6.07, 6.45) is 3.52. The van der Waals surface area contributed by atoms with Crippen LogP contribution in [0.2, 0.25) is 0 Å². The molecule has 10 heteroatoms. The molecule has 1 aliphatic rings. The largest absolute Gasteiger partial charge is 0.508 e. The van der Waals surface area contributed by atoms with Gasteiger partial charge in [-0.1, -0.05) is 31.4 Å². The van der Waals surface area contributed by atoms with Crippen molar-refractivity contribution in [2.45, 2.75) is 103 Å². The molecule has 2 unspecified atom stereocenters. The monoisotopic (exact) mass is 504 g/mol. The van der Waals surface area contributed by atoms with Crippen LogP contribution in [0.5, 0.6) is 5.75 Å². The maximum absolute atomic E-state index is 13.8. The van der Waals surface area contributed by atoms with Gasteiger partial charge < -0.3 is 31.1 Å². The third-order valence-electron chi connectivity index (χ3n) is 5.89. The van der Waals surface area contributed by atoms with Gasteiger partial charge in [-0.05, 0) is 65.2 Å². The fraction of sp³-hybridized carbons (Fsp3) is 0.615. The predicted molar refractivity (Wildman–Crippen MR) is 135 cm³/mol. The molecule has 4 amide bonds. The zero-order chi connectivity index (χ0) is 27.0. The normalized spacial score (nSPS) is 16.1. The van der Waals surface area contributed by atoms with Crippen LogP contribution in [0.15, 0.2) is 24.3 Å². The minimum atomic E-state index is -1.33. The molecule has 0 aromatic heterocycles. The van der Waals surface area contributed by atoms with Crippen molar-refractivity contribution in [1.29, 1.82) is 0 Å². The van der Waals surface area contributed by atoms with E-state index in [-0.39, 0.29) is 17.7 Å². The lowest BCUT2D eigenvalue weighted by Gasteiger charge is -2.38. The lowest BCUT2D eigenvalue weighted by molar-refractivity contribution is -0.145. The van der Waals surface area contributed by atoms with Gasteiger partial charge in [0.2, 0.25) is 17.7 Å². The lowest BCUT2D eigenvalue weighted by Crippen LogP contribution is -2.56. The highest BCUT2D eigenvalue weighted by molar-refractivity contribution is 5.94. The van der Waals surface area contributed by atoms with Crippen LogP contribution in [0.4, 0.5) is 4.79 Å². The van der Waals surface area contributed by atoms with Gasteiger partial charge in [-0.3, -0.25) is 14.4 Å². The number of primary amides is 1. The molecule has 0 radical (unpaired) electrons. The van der Waals surface area contributed by atoms with E-state index >= 15 is 0 Å². The van der Waals surface area contributed by atoms with Crippen molar-refractivity contribution in [1.82, 2.24) is 15.5 Å². The molecule has 0 spiro atoms. The van der Waals surface area contributed by atoms with Gasteiger partial charge in [-0.15, -0.1) is 0 Å². The molecule has 2 rings (SSSR count). The number of benzene rings is 1. The van der Waals surface area contributed by atoms with Crippen molar-refractivity contribution >= 4 is 23.8 Å². The van der Waals surface area contributed by atoms with Crippen LogP contribution in [0.25, 0.3) is 0 Å². The summed E-state index contributed by atoms with van der Waals surface area (Å²) >= 11 is 0. The molecule has 1 saturated carbocycles. The number of hydrogen-bond donors (Lipinski definition) is 4. The molecule has 0 heterocycles. The van der Waals surface area contributed by atoms with Gasteiger partial charge in [0.05, 0.1) is 6.42 Å². The minimum Gasteiger partial charge on any atom is -0.508 e. The van der Waals surface area contributed by atoms with E-state index in [9.17, 15) is 24.3 Å². The van der Waals surface area contributed by atoms with E-state index < -0.39 is 48.1 Å². The molecular formula is C26H40N4O6. The fourth-order valence-corrected chi connectivity index (χ4v) is 4.33. The minimum absolute atomic E-state index is 0.00344. The van der Waals surface area contributed by atoms with Crippen LogP contribution in [-0.4, -0.2) is 57.5 Å². The van der Waals surface area contributed by atoms with Gasteiger partial charge in [-0.25, -0.2) is 4.79 Å². The number of phenols is 1. The molecule has 0 bridgehead atoms. The maximum Gasteiger partial charge on any atom is 0.408 e. The molecule has 1 aromatic rings. The third-order valence-corrected chi connectivity index (χ3v) is 5.89. The van der Waals surface area contributed by atoms with E-state index in [1.54, 1.807) is 46.8 Å². The number of amides is 4. The van der Waals surface area contributed by atoms with E-state index in [2.05, 4.69) is 10.6 Å². The Bertz CT molecular complexity index is 919. The smallest absolute Gasteiger partial charge is 0.408 e. The summed E-state index contributed by atoms with van der Waals surface area (Å²) in [4.78, 5) is 53.0. The molecular weight excluding hydrogens is 464 g/mol. The number of ether oxygens (including phenoxy) is 1. The first-order chi connectivity index (χ1) is 16.8. The van der Waals surface area contributed by atoms with Gasteiger partial charge in [0.25, 0.3) is 0 Å². The van der Waals surface area contributed by atoms with Gasteiger partial charge in [0, 0.05) is 12.1 Å². The second-order valence-corrected chi connectivity index (χ2v) is 10.5. The van der Waals surface area contributed by atoms with Crippen molar-refractivity contribution in [3.63, 3.8) is 0 Å². The number of nitrogens with one attached hydrogen (secondary N) is 2. The number of aromatic hydroxyl groups is 1. The Balaban J connectivity index is 2.43. The number of carbonyl (C=O) groups is 4. The summed E-state index contributed by atoms with van der Waals surface area (Å²) in [6.45, 7) is 8.51. The highest BCUT2D eigenvalue weighted by Crippen LogP contribution is 2.28. The van der Waals surface area contributed by atoms with Crippen molar-refractivity contribution in [3.8, 4) is 5.75 Å². The molecule has 2 atom stereocenters. The first-order valence-electron chi connectivity index (χ1n) is 12.5. The molecule has 200 valence electrons. The number of alkyl carbamates (subject to hydrolysis) is 1. The van der Waals surface area contributed by atoms with Gasteiger partial charge >= 0.3 is 6.09 Å². The molecule has 0 saturated heterocycles. The van der Waals surface area contributed by atoms with Gasteiger partial charge in [0.1, 0.15) is 23.4 Å². The van der Waals surface area contributed by atoms with E-state index in [4.69, 9.17) is 10.5 Å². The van der Waals surface area contributed by atoms with Crippen molar-refractivity contribution in [3.05, 3.63) is 29.8 Å². The Labute approximate surface area is 212 Å². The Morgan fingerprint density at radius 3 is 2.17 bits per heavy atom. The summed E-state index contributed by atoms with van der Waals surface area (Å²) in [7, 11) is 0. The van der Waals surface area contributed by atoms with Crippen LogP contribution in [-0.2, 0) is 19.1 Å². The topological polar surface area (TPSA) is 151 Å². The maximum atomic E-state index is 13.8. The average Bonchev–Trinajstić information content (AvgIpc) is 2.76. The number of nitrogens with two attached hydrogens (primary N) is 1. The number of carbonyl (C=O) groups excluding carboxylic acids is 4. The summed E-state index contributed by atoms with van der Waals surface area (Å²) in [5.41, 5.74) is 5.05. The van der Waals surface area contributed by atoms with E-state index in [1.807, 2.05) is 0 Å². The zero-order valence-electron chi connectivity index (χ0n) is 21.9. The molecule has 1 aliphatic carbocycles. The Morgan fingerprint density at radius 2 is 1.67 bits per heavy atom. The van der Waals surface area contributed by atoms with Crippen LogP contribution >= 0.6 is 0 Å².